The molecular weight excluding hydrogens is 590 g/mol. The molecule has 1 N–H and O–H groups in total. The molecule has 0 aliphatic carbocycles. The molecule has 2 aromatic heterocycles. The number of halogens is 8. The summed E-state index contributed by atoms with van der Waals surface area (Å²) in [6.07, 6.45) is -10.7. The molecule has 0 bridgehead atoms. The molecule has 1 amide bonds. The molecule has 3 aromatic rings. The third-order valence-corrected chi connectivity index (χ3v) is 8.33. The first kappa shape index (κ1) is 30.2. The molecule has 3 unspecified atom stereocenters. The van der Waals surface area contributed by atoms with E-state index in [9.17, 15) is 48.3 Å². The molecular formula is C24H19F8N5O3S. The largest absolute Gasteiger partial charge is 0.434 e. The van der Waals surface area contributed by atoms with Crippen LogP contribution in [0.15, 0.2) is 53.8 Å². The van der Waals surface area contributed by atoms with E-state index in [4.69, 9.17) is 0 Å². The average Bonchev–Trinajstić information content (AvgIpc) is 3.21. The van der Waals surface area contributed by atoms with E-state index in [0.717, 1.165) is 30.3 Å². The topological polar surface area (TPSA) is 105 Å². The molecule has 1 aliphatic heterocycles. The van der Waals surface area contributed by atoms with Gasteiger partial charge in [-0.05, 0) is 42.8 Å². The van der Waals surface area contributed by atoms with Gasteiger partial charge in [0.25, 0.3) is 0 Å². The molecule has 0 saturated carbocycles. The van der Waals surface area contributed by atoms with Gasteiger partial charge in [-0.3, -0.25) is 14.8 Å². The Morgan fingerprint density at radius 2 is 1.61 bits per heavy atom. The molecule has 1 fully saturated rings. The van der Waals surface area contributed by atoms with E-state index in [2.05, 4.69) is 20.3 Å². The summed E-state index contributed by atoms with van der Waals surface area (Å²) >= 11 is 0. The standard InChI is InChI=1S/C24H19F8N5O3S/c1-12-17(26)7-20(37(12)41(39,40)15-4-2-14(25)3-5-15)22(38)36-8-13-6-18(33-9-16(13)23(27,28)29)19-10-35-21(11-34-19)24(30,31)32/h2-6,9-12,17,20H,7-8H2,1H3,(H,36,38). The van der Waals surface area contributed by atoms with Crippen molar-refractivity contribution in [3.63, 3.8) is 0 Å². The molecule has 8 nitrogen and oxygen atoms in total. The first-order valence-electron chi connectivity index (χ1n) is 11.7. The molecule has 1 saturated heterocycles. The van der Waals surface area contributed by atoms with Crippen molar-refractivity contribution in [1.82, 2.24) is 24.6 Å². The number of sulfonamides is 1. The van der Waals surface area contributed by atoms with Crippen LogP contribution in [0.5, 0.6) is 0 Å². The highest BCUT2D eigenvalue weighted by molar-refractivity contribution is 7.89. The van der Waals surface area contributed by atoms with Gasteiger partial charge in [-0.15, -0.1) is 0 Å². The van der Waals surface area contributed by atoms with Crippen LogP contribution < -0.4 is 5.32 Å². The maximum Gasteiger partial charge on any atom is 0.434 e. The first-order chi connectivity index (χ1) is 19.0. The Kier molecular flexibility index (Phi) is 8.05. The smallest absolute Gasteiger partial charge is 0.351 e. The lowest BCUT2D eigenvalue weighted by molar-refractivity contribution is -0.141. The number of rotatable bonds is 6. The number of pyridine rings is 1. The van der Waals surface area contributed by atoms with Crippen LogP contribution in [0.3, 0.4) is 0 Å². The SMILES string of the molecule is CC1C(F)CC(C(=O)NCc2cc(-c3cnc(C(F)(F)F)cn3)ncc2C(F)(F)F)N1S(=O)(=O)c1ccc(F)cc1. The Bertz CT molecular complexity index is 1530. The number of carbonyl (C=O) groups excluding carboxylic acids is 1. The Labute approximate surface area is 227 Å². The molecule has 1 aliphatic rings. The summed E-state index contributed by atoms with van der Waals surface area (Å²) in [5, 5.41) is 2.18. The van der Waals surface area contributed by atoms with Crippen molar-refractivity contribution < 1.29 is 48.3 Å². The van der Waals surface area contributed by atoms with E-state index < -0.39 is 87.0 Å². The second-order valence-electron chi connectivity index (χ2n) is 9.02. The summed E-state index contributed by atoms with van der Waals surface area (Å²) in [6, 6.07) is 1.44. The maximum atomic E-state index is 14.6. The van der Waals surface area contributed by atoms with Crippen LogP contribution in [0.1, 0.15) is 30.2 Å². The fourth-order valence-electron chi connectivity index (χ4n) is 4.24. The number of hydrogen-bond acceptors (Lipinski definition) is 6. The van der Waals surface area contributed by atoms with Gasteiger partial charge < -0.3 is 5.32 Å². The second-order valence-corrected chi connectivity index (χ2v) is 10.9. The maximum absolute atomic E-state index is 14.6. The van der Waals surface area contributed by atoms with Gasteiger partial charge >= 0.3 is 12.4 Å². The molecule has 0 spiro atoms. The number of benzene rings is 1. The molecule has 0 radical (unpaired) electrons. The lowest BCUT2D eigenvalue weighted by Crippen LogP contribution is -2.48. The monoisotopic (exact) mass is 609 g/mol. The third-order valence-electron chi connectivity index (χ3n) is 6.32. The molecule has 17 heteroatoms. The highest BCUT2D eigenvalue weighted by atomic mass is 32.2. The van der Waals surface area contributed by atoms with Gasteiger partial charge in [0.15, 0.2) is 5.69 Å². The van der Waals surface area contributed by atoms with Crippen molar-refractivity contribution in [3.8, 4) is 11.4 Å². The van der Waals surface area contributed by atoms with E-state index in [0.29, 0.717) is 22.9 Å². The molecule has 41 heavy (non-hydrogen) atoms. The van der Waals surface area contributed by atoms with Gasteiger partial charge in [0.05, 0.1) is 34.6 Å². The molecule has 1 aromatic carbocycles. The Balaban J connectivity index is 1.61. The summed E-state index contributed by atoms with van der Waals surface area (Å²) in [5.74, 6) is -1.85. The third kappa shape index (κ3) is 6.29. The van der Waals surface area contributed by atoms with Crippen molar-refractivity contribution >= 4 is 15.9 Å². The van der Waals surface area contributed by atoms with Crippen molar-refractivity contribution in [2.24, 2.45) is 0 Å². The summed E-state index contributed by atoms with van der Waals surface area (Å²) in [4.78, 5) is 22.9. The number of aromatic nitrogens is 3. The zero-order chi connectivity index (χ0) is 30.3. The van der Waals surface area contributed by atoms with Crippen LogP contribution >= 0.6 is 0 Å². The van der Waals surface area contributed by atoms with Crippen LogP contribution in [0.25, 0.3) is 11.4 Å². The zero-order valence-corrected chi connectivity index (χ0v) is 21.5. The van der Waals surface area contributed by atoms with Gasteiger partial charge in [0.1, 0.15) is 23.7 Å². The minimum atomic E-state index is -4.96. The van der Waals surface area contributed by atoms with Gasteiger partial charge in [-0.1, -0.05) is 0 Å². The van der Waals surface area contributed by atoms with Crippen LogP contribution in [0.2, 0.25) is 0 Å². The minimum Gasteiger partial charge on any atom is -0.351 e. The minimum absolute atomic E-state index is 0.290. The number of carbonyl (C=O) groups is 1. The number of amides is 1. The zero-order valence-electron chi connectivity index (χ0n) is 20.7. The average molecular weight is 609 g/mol. The van der Waals surface area contributed by atoms with E-state index in [-0.39, 0.29) is 11.4 Å². The highest BCUT2D eigenvalue weighted by Crippen LogP contribution is 2.35. The number of nitrogens with one attached hydrogen (secondary N) is 1. The highest BCUT2D eigenvalue weighted by Gasteiger charge is 2.49. The van der Waals surface area contributed by atoms with Gasteiger partial charge in [-0.2, -0.15) is 30.6 Å². The van der Waals surface area contributed by atoms with Crippen molar-refractivity contribution in [3.05, 3.63) is 71.6 Å². The summed E-state index contributed by atoms with van der Waals surface area (Å²) in [6.45, 7) is 0.380. The van der Waals surface area contributed by atoms with Crippen molar-refractivity contribution in [2.45, 2.75) is 55.4 Å². The van der Waals surface area contributed by atoms with Gasteiger partial charge in [0, 0.05) is 19.2 Å². The van der Waals surface area contributed by atoms with E-state index in [1.807, 2.05) is 0 Å². The van der Waals surface area contributed by atoms with Crippen molar-refractivity contribution in [2.75, 3.05) is 0 Å². The fraction of sp³-hybridized carbons (Fsp3) is 0.333. The Hall–Kier alpha value is -3.73. The summed E-state index contributed by atoms with van der Waals surface area (Å²) in [5.41, 5.74) is -3.78. The molecule has 3 heterocycles. The fourth-order valence-corrected chi connectivity index (χ4v) is 6.05. The first-order valence-corrected chi connectivity index (χ1v) is 13.1. The van der Waals surface area contributed by atoms with Crippen LogP contribution in [-0.4, -0.2) is 51.8 Å². The summed E-state index contributed by atoms with van der Waals surface area (Å²) < 4.78 is 134. The normalized spacial score (nSPS) is 20.3. The Morgan fingerprint density at radius 3 is 2.17 bits per heavy atom. The second kappa shape index (κ2) is 10.9. The number of nitrogens with zero attached hydrogens (tertiary/aromatic N) is 4. The molecule has 3 atom stereocenters. The van der Waals surface area contributed by atoms with Crippen molar-refractivity contribution in [1.29, 1.82) is 0 Å². The lowest BCUT2D eigenvalue weighted by Gasteiger charge is -2.27. The van der Waals surface area contributed by atoms with Crippen LogP contribution in [-0.2, 0) is 33.7 Å². The quantitative estimate of drug-likeness (QED) is 0.413. The number of hydrogen-bond donors (Lipinski definition) is 1. The van der Waals surface area contributed by atoms with E-state index in [1.54, 1.807) is 0 Å². The van der Waals surface area contributed by atoms with Crippen LogP contribution in [0, 0.1) is 5.82 Å². The molecule has 220 valence electrons. The summed E-state index contributed by atoms with van der Waals surface area (Å²) in [7, 11) is -4.52. The predicted octanol–water partition coefficient (Wildman–Crippen LogP) is 4.52. The predicted molar refractivity (Wildman–Crippen MR) is 125 cm³/mol. The van der Waals surface area contributed by atoms with E-state index >= 15 is 0 Å². The van der Waals surface area contributed by atoms with Crippen LogP contribution in [0.4, 0.5) is 35.1 Å². The van der Waals surface area contributed by atoms with Gasteiger partial charge in [0.2, 0.25) is 15.9 Å². The lowest BCUT2D eigenvalue weighted by atomic mass is 10.1. The molecule has 4 rings (SSSR count). The Morgan fingerprint density at radius 1 is 0.976 bits per heavy atom. The number of alkyl halides is 7. The van der Waals surface area contributed by atoms with Gasteiger partial charge in [-0.25, -0.2) is 22.2 Å². The van der Waals surface area contributed by atoms with E-state index in [1.165, 1.54) is 6.92 Å².